The average molecular weight is 463 g/mol. The number of carbonyl (C=O) groups is 1. The van der Waals surface area contributed by atoms with Crippen LogP contribution in [-0.2, 0) is 10.0 Å². The third-order valence-corrected chi connectivity index (χ3v) is 7.84. The van der Waals surface area contributed by atoms with E-state index in [0.717, 1.165) is 16.7 Å². The van der Waals surface area contributed by atoms with E-state index in [2.05, 4.69) is 0 Å². The summed E-state index contributed by atoms with van der Waals surface area (Å²) in [7, 11) is 0.834. The largest absolute Gasteiger partial charge is 0.493 e. The van der Waals surface area contributed by atoms with Gasteiger partial charge in [-0.1, -0.05) is 17.7 Å². The van der Waals surface area contributed by atoms with Crippen molar-refractivity contribution in [2.75, 3.05) is 47.5 Å². The topological polar surface area (TPSA) is 85.4 Å². The fourth-order valence-corrected chi connectivity index (χ4v) is 6.06. The summed E-state index contributed by atoms with van der Waals surface area (Å²) in [6, 6.07) is 6.96. The van der Waals surface area contributed by atoms with Crippen molar-refractivity contribution in [1.29, 1.82) is 0 Å². The highest BCUT2D eigenvalue weighted by atomic mass is 32.2. The minimum Gasteiger partial charge on any atom is -0.493 e. The molecule has 8 nitrogen and oxygen atoms in total. The van der Waals surface area contributed by atoms with E-state index in [-0.39, 0.29) is 19.0 Å². The molecule has 174 valence electrons. The Labute approximate surface area is 189 Å². The summed E-state index contributed by atoms with van der Waals surface area (Å²) in [5.74, 6) is 0.971. The summed E-state index contributed by atoms with van der Waals surface area (Å²) >= 11 is 0. The molecule has 1 aliphatic heterocycles. The Morgan fingerprint density at radius 2 is 1.31 bits per heavy atom. The molecule has 3 rings (SSSR count). The molecular formula is C23H30N2O6S. The molecule has 2 aromatic carbocycles. The molecule has 0 radical (unpaired) electrons. The highest BCUT2D eigenvalue weighted by Crippen LogP contribution is 2.38. The Kier molecular flexibility index (Phi) is 7.00. The lowest BCUT2D eigenvalue weighted by Crippen LogP contribution is -2.50. The second-order valence-corrected chi connectivity index (χ2v) is 9.71. The van der Waals surface area contributed by atoms with Crippen molar-refractivity contribution in [1.82, 2.24) is 9.21 Å². The maximum Gasteiger partial charge on any atom is 0.254 e. The van der Waals surface area contributed by atoms with Gasteiger partial charge in [-0.2, -0.15) is 4.31 Å². The Balaban J connectivity index is 1.80. The number of piperazine rings is 1. The summed E-state index contributed by atoms with van der Waals surface area (Å²) in [4.78, 5) is 15.1. The highest BCUT2D eigenvalue weighted by molar-refractivity contribution is 7.89. The first-order valence-electron chi connectivity index (χ1n) is 10.3. The molecular weight excluding hydrogens is 432 g/mol. The predicted molar refractivity (Wildman–Crippen MR) is 121 cm³/mol. The number of rotatable bonds is 6. The number of hydrogen-bond acceptors (Lipinski definition) is 6. The smallest absolute Gasteiger partial charge is 0.254 e. The SMILES string of the molecule is COc1cc(C(=O)N2CCN(S(=O)(=O)c3c(C)cc(C)cc3C)CC2)cc(OC)c1OC. The van der Waals surface area contributed by atoms with Gasteiger partial charge in [0.05, 0.1) is 26.2 Å². The molecule has 0 saturated carbocycles. The molecule has 1 saturated heterocycles. The van der Waals surface area contributed by atoms with Crippen molar-refractivity contribution in [2.45, 2.75) is 25.7 Å². The number of nitrogens with zero attached hydrogens (tertiary/aromatic N) is 2. The molecule has 1 fully saturated rings. The van der Waals surface area contributed by atoms with Gasteiger partial charge in [0.2, 0.25) is 15.8 Å². The van der Waals surface area contributed by atoms with Gasteiger partial charge < -0.3 is 19.1 Å². The predicted octanol–water partition coefficient (Wildman–Crippen LogP) is 2.78. The van der Waals surface area contributed by atoms with Gasteiger partial charge >= 0.3 is 0 Å². The van der Waals surface area contributed by atoms with Crippen LogP contribution in [0.1, 0.15) is 27.0 Å². The van der Waals surface area contributed by atoms with Crippen LogP contribution in [0.25, 0.3) is 0 Å². The molecule has 1 amide bonds. The maximum absolute atomic E-state index is 13.3. The summed E-state index contributed by atoms with van der Waals surface area (Å²) in [5, 5.41) is 0. The fourth-order valence-electron chi connectivity index (χ4n) is 4.22. The van der Waals surface area contributed by atoms with E-state index in [1.165, 1.54) is 25.6 Å². The monoisotopic (exact) mass is 462 g/mol. The van der Waals surface area contributed by atoms with Crippen LogP contribution < -0.4 is 14.2 Å². The van der Waals surface area contributed by atoms with Gasteiger partial charge in [-0.25, -0.2) is 8.42 Å². The molecule has 0 N–H and O–H groups in total. The van der Waals surface area contributed by atoms with Crippen molar-refractivity contribution < 1.29 is 27.4 Å². The van der Waals surface area contributed by atoms with Crippen LogP contribution >= 0.6 is 0 Å². The minimum absolute atomic E-state index is 0.219. The van der Waals surface area contributed by atoms with Gasteiger partial charge in [0.15, 0.2) is 11.5 Å². The summed E-state index contributed by atoms with van der Waals surface area (Å²) in [6.07, 6.45) is 0. The molecule has 0 aliphatic carbocycles. The van der Waals surface area contributed by atoms with Gasteiger partial charge in [0.1, 0.15) is 0 Å². The summed E-state index contributed by atoms with van der Waals surface area (Å²) in [5.41, 5.74) is 2.89. The maximum atomic E-state index is 13.3. The number of sulfonamides is 1. The van der Waals surface area contributed by atoms with Crippen LogP contribution in [-0.4, -0.2) is 71.0 Å². The van der Waals surface area contributed by atoms with Gasteiger partial charge in [-0.3, -0.25) is 4.79 Å². The standard InChI is InChI=1S/C23H30N2O6S/c1-15-11-16(2)22(17(3)12-15)32(27,28)25-9-7-24(8-10-25)23(26)18-13-19(29-4)21(31-6)20(14-18)30-5/h11-14H,7-10H2,1-6H3. The number of benzene rings is 2. The van der Waals surface area contributed by atoms with Crippen LogP contribution in [0.4, 0.5) is 0 Å². The van der Waals surface area contributed by atoms with Gasteiger partial charge in [-0.15, -0.1) is 0 Å². The van der Waals surface area contributed by atoms with Gasteiger partial charge in [0, 0.05) is 31.7 Å². The quantitative estimate of drug-likeness (QED) is 0.656. The average Bonchev–Trinajstić information content (AvgIpc) is 2.76. The van der Waals surface area contributed by atoms with Gasteiger partial charge in [-0.05, 0) is 44.0 Å². The van der Waals surface area contributed by atoms with Crippen LogP contribution in [0.15, 0.2) is 29.2 Å². The third-order valence-electron chi connectivity index (χ3n) is 5.64. The Morgan fingerprint density at radius 1 is 0.812 bits per heavy atom. The second-order valence-electron chi connectivity index (χ2n) is 7.84. The molecule has 1 heterocycles. The Hall–Kier alpha value is -2.78. The van der Waals surface area contributed by atoms with Crippen molar-refractivity contribution in [3.63, 3.8) is 0 Å². The van der Waals surface area contributed by atoms with Crippen molar-refractivity contribution in [3.05, 3.63) is 46.5 Å². The number of amides is 1. The number of carbonyl (C=O) groups excluding carboxylic acids is 1. The van der Waals surface area contributed by atoms with E-state index in [4.69, 9.17) is 14.2 Å². The fraction of sp³-hybridized carbons (Fsp3) is 0.435. The van der Waals surface area contributed by atoms with E-state index in [1.807, 2.05) is 32.9 Å². The zero-order chi connectivity index (χ0) is 23.6. The molecule has 1 aliphatic rings. The van der Waals surface area contributed by atoms with Crippen LogP contribution in [0, 0.1) is 20.8 Å². The van der Waals surface area contributed by atoms with Crippen molar-refractivity contribution in [2.24, 2.45) is 0 Å². The molecule has 0 atom stereocenters. The van der Waals surface area contributed by atoms with E-state index >= 15 is 0 Å². The molecule has 0 unspecified atom stereocenters. The van der Waals surface area contributed by atoms with Crippen LogP contribution in [0.2, 0.25) is 0 Å². The molecule has 0 bridgehead atoms. The lowest BCUT2D eigenvalue weighted by molar-refractivity contribution is 0.0697. The first-order chi connectivity index (χ1) is 15.1. The lowest BCUT2D eigenvalue weighted by Gasteiger charge is -2.34. The minimum atomic E-state index is -3.65. The Morgan fingerprint density at radius 3 is 1.75 bits per heavy atom. The normalized spacial score (nSPS) is 14.9. The van der Waals surface area contributed by atoms with Crippen molar-refractivity contribution in [3.8, 4) is 17.2 Å². The van der Waals surface area contributed by atoms with Crippen LogP contribution in [0.3, 0.4) is 0 Å². The zero-order valence-corrected chi connectivity index (χ0v) is 20.2. The molecule has 2 aromatic rings. The Bertz CT molecular complexity index is 1070. The van der Waals surface area contributed by atoms with E-state index in [0.29, 0.717) is 40.8 Å². The summed E-state index contributed by atoms with van der Waals surface area (Å²) in [6.45, 7) is 6.62. The number of aryl methyl sites for hydroxylation is 3. The molecule has 32 heavy (non-hydrogen) atoms. The first-order valence-corrected chi connectivity index (χ1v) is 11.7. The molecule has 9 heteroatoms. The molecule has 0 spiro atoms. The van der Waals surface area contributed by atoms with E-state index in [9.17, 15) is 13.2 Å². The van der Waals surface area contributed by atoms with E-state index < -0.39 is 10.0 Å². The van der Waals surface area contributed by atoms with E-state index in [1.54, 1.807) is 17.0 Å². The van der Waals surface area contributed by atoms with Gasteiger partial charge in [0.25, 0.3) is 5.91 Å². The van der Waals surface area contributed by atoms with Crippen molar-refractivity contribution >= 4 is 15.9 Å². The number of ether oxygens (including phenoxy) is 3. The highest BCUT2D eigenvalue weighted by Gasteiger charge is 2.33. The third kappa shape index (κ3) is 4.40. The van der Waals surface area contributed by atoms with Crippen LogP contribution in [0.5, 0.6) is 17.2 Å². The summed E-state index contributed by atoms with van der Waals surface area (Å²) < 4.78 is 44.0. The zero-order valence-electron chi connectivity index (χ0n) is 19.4. The number of methoxy groups -OCH3 is 3. The number of hydrogen-bond donors (Lipinski definition) is 0. The molecule has 0 aromatic heterocycles. The first kappa shape index (κ1) is 23.9. The second kappa shape index (κ2) is 9.38. The lowest BCUT2D eigenvalue weighted by atomic mass is 10.1.